The van der Waals surface area contributed by atoms with E-state index in [1.807, 2.05) is 26.8 Å². The number of methoxy groups -OCH3 is 1. The molecule has 2 aromatic heterocycles. The van der Waals surface area contributed by atoms with Crippen LogP contribution in [0.2, 0.25) is 0 Å². The molecule has 0 atom stereocenters. The minimum absolute atomic E-state index is 0.0523. The van der Waals surface area contributed by atoms with Gasteiger partial charge in [0.15, 0.2) is 5.78 Å². The number of para-hydroxylation sites is 2. The van der Waals surface area contributed by atoms with E-state index >= 15 is 0 Å². The van der Waals surface area contributed by atoms with Crippen molar-refractivity contribution >= 4 is 38.9 Å². The van der Waals surface area contributed by atoms with Gasteiger partial charge < -0.3 is 10.1 Å². The van der Waals surface area contributed by atoms with Crippen LogP contribution in [0.4, 0.5) is 5.69 Å². The van der Waals surface area contributed by atoms with Gasteiger partial charge in [-0.05, 0) is 24.6 Å². The number of amides is 1. The summed E-state index contributed by atoms with van der Waals surface area (Å²) in [5.74, 6) is 0.135. The smallest absolute Gasteiger partial charge is 0.266 e. The predicted molar refractivity (Wildman–Crippen MR) is 114 cm³/mol. The highest BCUT2D eigenvalue weighted by Gasteiger charge is 2.24. The summed E-state index contributed by atoms with van der Waals surface area (Å²) in [6.07, 6.45) is 1.37. The molecule has 29 heavy (non-hydrogen) atoms. The molecule has 0 saturated carbocycles. The number of Topliss-reactive ketones (excluding diaryl/α,β-unsaturated/α-hetero) is 1. The number of carbonyl (C=O) groups is 2. The minimum Gasteiger partial charge on any atom is -0.495 e. The molecule has 0 aliphatic rings. The number of hydrogen-bond donors (Lipinski definition) is 1. The molecular formula is C21H23N3O4S. The van der Waals surface area contributed by atoms with Crippen molar-refractivity contribution in [1.29, 1.82) is 0 Å². The van der Waals surface area contributed by atoms with E-state index in [2.05, 4.69) is 10.3 Å². The van der Waals surface area contributed by atoms with Crippen molar-refractivity contribution < 1.29 is 14.3 Å². The molecule has 0 aliphatic carbocycles. The number of anilines is 1. The zero-order valence-electron chi connectivity index (χ0n) is 17.0. The number of fused-ring (bicyclic) bond motifs is 1. The molecule has 0 bridgehead atoms. The summed E-state index contributed by atoms with van der Waals surface area (Å²) >= 11 is 1.15. The molecule has 3 aromatic rings. The molecule has 3 rings (SSSR count). The van der Waals surface area contributed by atoms with E-state index < -0.39 is 5.41 Å². The van der Waals surface area contributed by atoms with Crippen LogP contribution in [0.5, 0.6) is 5.75 Å². The quantitative estimate of drug-likeness (QED) is 0.690. The molecule has 0 unspecified atom stereocenters. The zero-order chi connectivity index (χ0) is 21.3. The third-order valence-electron chi connectivity index (χ3n) is 4.63. The first-order chi connectivity index (χ1) is 13.6. The van der Waals surface area contributed by atoms with Gasteiger partial charge in [0.2, 0.25) is 0 Å². The molecule has 0 saturated heterocycles. The number of aromatic nitrogens is 2. The second-order valence-corrected chi connectivity index (χ2v) is 8.74. The van der Waals surface area contributed by atoms with Gasteiger partial charge in [-0.2, -0.15) is 0 Å². The first kappa shape index (κ1) is 20.7. The molecule has 8 heteroatoms. The number of carbonyl (C=O) groups excluding carboxylic acids is 2. The molecule has 0 spiro atoms. The first-order valence-electron chi connectivity index (χ1n) is 9.09. The summed E-state index contributed by atoms with van der Waals surface area (Å²) in [5, 5.41) is 3.19. The van der Waals surface area contributed by atoms with E-state index in [1.54, 1.807) is 25.1 Å². The fourth-order valence-electron chi connectivity index (χ4n) is 2.81. The van der Waals surface area contributed by atoms with Crippen LogP contribution in [0.25, 0.3) is 10.2 Å². The van der Waals surface area contributed by atoms with E-state index in [0.29, 0.717) is 32.1 Å². The fourth-order valence-corrected chi connectivity index (χ4v) is 3.84. The Morgan fingerprint density at radius 1 is 1.24 bits per heavy atom. The molecule has 0 aliphatic heterocycles. The lowest BCUT2D eigenvalue weighted by Crippen LogP contribution is -2.30. The molecule has 1 amide bonds. The van der Waals surface area contributed by atoms with E-state index in [9.17, 15) is 14.4 Å². The van der Waals surface area contributed by atoms with Gasteiger partial charge in [0.05, 0.1) is 35.9 Å². The van der Waals surface area contributed by atoms with Crippen LogP contribution in [0.1, 0.15) is 36.0 Å². The van der Waals surface area contributed by atoms with E-state index in [4.69, 9.17) is 4.74 Å². The molecule has 0 radical (unpaired) electrons. The summed E-state index contributed by atoms with van der Waals surface area (Å²) < 4.78 is 6.56. The standard InChI is InChI=1S/C21H23N3O4S/c1-12-16-19(22-11-24(20(16)27)10-15(25)21(2,3)4)29-17(12)18(26)23-13-8-6-7-9-14(13)28-5/h6-9,11H,10H2,1-5H3,(H,23,26). The van der Waals surface area contributed by atoms with Gasteiger partial charge in [0.1, 0.15) is 10.6 Å². The van der Waals surface area contributed by atoms with Crippen molar-refractivity contribution in [1.82, 2.24) is 9.55 Å². The third kappa shape index (κ3) is 4.07. The van der Waals surface area contributed by atoms with Crippen molar-refractivity contribution in [2.45, 2.75) is 34.2 Å². The van der Waals surface area contributed by atoms with E-state index in [1.165, 1.54) is 18.0 Å². The van der Waals surface area contributed by atoms with Gasteiger partial charge in [0, 0.05) is 5.41 Å². The first-order valence-corrected chi connectivity index (χ1v) is 9.91. The van der Waals surface area contributed by atoms with Gasteiger partial charge in [-0.1, -0.05) is 32.9 Å². The SMILES string of the molecule is COc1ccccc1NC(=O)c1sc2ncn(CC(=O)C(C)(C)C)c(=O)c2c1C. The lowest BCUT2D eigenvalue weighted by molar-refractivity contribution is -0.126. The monoisotopic (exact) mass is 413 g/mol. The number of nitrogens with zero attached hydrogens (tertiary/aromatic N) is 2. The number of ether oxygens (including phenoxy) is 1. The number of thiophene rings is 1. The Bertz CT molecular complexity index is 1150. The maximum Gasteiger partial charge on any atom is 0.266 e. The highest BCUT2D eigenvalue weighted by Crippen LogP contribution is 2.29. The van der Waals surface area contributed by atoms with Gasteiger partial charge in [-0.15, -0.1) is 11.3 Å². The molecule has 152 valence electrons. The van der Waals surface area contributed by atoms with Crippen LogP contribution in [0, 0.1) is 12.3 Å². The normalized spacial score (nSPS) is 11.5. The predicted octanol–water partition coefficient (Wildman–Crippen LogP) is 3.64. The molecule has 2 heterocycles. The molecule has 1 N–H and O–H groups in total. The summed E-state index contributed by atoms with van der Waals surface area (Å²) in [4.78, 5) is 43.3. The number of rotatable bonds is 5. The third-order valence-corrected chi connectivity index (χ3v) is 5.83. The maximum absolute atomic E-state index is 12.9. The number of aryl methyl sites for hydroxylation is 1. The Morgan fingerprint density at radius 3 is 2.59 bits per heavy atom. The minimum atomic E-state index is -0.558. The number of benzene rings is 1. The Balaban J connectivity index is 1.98. The molecule has 7 nitrogen and oxygen atoms in total. The topological polar surface area (TPSA) is 90.3 Å². The molecule has 0 fully saturated rings. The van der Waals surface area contributed by atoms with Gasteiger partial charge in [-0.25, -0.2) is 4.98 Å². The van der Waals surface area contributed by atoms with Gasteiger partial charge in [-0.3, -0.25) is 19.0 Å². The number of nitrogens with one attached hydrogen (secondary N) is 1. The summed E-state index contributed by atoms with van der Waals surface area (Å²) in [5.41, 5.74) is 0.209. The Labute approximate surface area is 172 Å². The van der Waals surface area contributed by atoms with Crippen molar-refractivity contribution in [2.75, 3.05) is 12.4 Å². The van der Waals surface area contributed by atoms with Crippen LogP contribution in [-0.2, 0) is 11.3 Å². The average molecular weight is 413 g/mol. The average Bonchev–Trinajstić information content (AvgIpc) is 3.01. The van der Waals surface area contributed by atoms with Crippen molar-refractivity contribution in [3.8, 4) is 5.75 Å². The van der Waals surface area contributed by atoms with E-state index in [0.717, 1.165) is 11.3 Å². The van der Waals surface area contributed by atoms with Crippen LogP contribution < -0.4 is 15.6 Å². The van der Waals surface area contributed by atoms with Crippen LogP contribution in [0.15, 0.2) is 35.4 Å². The maximum atomic E-state index is 12.9. The number of hydrogen-bond acceptors (Lipinski definition) is 6. The molecular weight excluding hydrogens is 390 g/mol. The Morgan fingerprint density at radius 2 is 1.93 bits per heavy atom. The van der Waals surface area contributed by atoms with Crippen molar-refractivity contribution in [3.63, 3.8) is 0 Å². The number of ketones is 1. The highest BCUT2D eigenvalue weighted by molar-refractivity contribution is 7.20. The Hall–Kier alpha value is -3.00. The lowest BCUT2D eigenvalue weighted by Gasteiger charge is -2.17. The van der Waals surface area contributed by atoms with Crippen molar-refractivity contribution in [2.24, 2.45) is 5.41 Å². The molecule has 1 aromatic carbocycles. The lowest BCUT2D eigenvalue weighted by atomic mass is 9.91. The van der Waals surface area contributed by atoms with Crippen LogP contribution in [-0.4, -0.2) is 28.4 Å². The van der Waals surface area contributed by atoms with Crippen LogP contribution >= 0.6 is 11.3 Å². The second kappa shape index (κ2) is 7.79. The van der Waals surface area contributed by atoms with Crippen LogP contribution in [0.3, 0.4) is 0 Å². The van der Waals surface area contributed by atoms with Gasteiger partial charge >= 0.3 is 0 Å². The fraction of sp³-hybridized carbons (Fsp3) is 0.333. The van der Waals surface area contributed by atoms with E-state index in [-0.39, 0.29) is 23.8 Å². The Kier molecular flexibility index (Phi) is 5.57. The summed E-state index contributed by atoms with van der Waals surface area (Å²) in [6, 6.07) is 7.09. The van der Waals surface area contributed by atoms with Crippen molar-refractivity contribution in [3.05, 3.63) is 51.4 Å². The summed E-state index contributed by atoms with van der Waals surface area (Å²) in [6.45, 7) is 7.09. The second-order valence-electron chi connectivity index (χ2n) is 7.74. The highest BCUT2D eigenvalue weighted by atomic mass is 32.1. The summed E-state index contributed by atoms with van der Waals surface area (Å²) in [7, 11) is 1.53. The van der Waals surface area contributed by atoms with Gasteiger partial charge in [0.25, 0.3) is 11.5 Å². The zero-order valence-corrected chi connectivity index (χ0v) is 17.8. The largest absolute Gasteiger partial charge is 0.495 e.